The number of nitrogens with one attached hydrogen (secondary N) is 2. The minimum absolute atomic E-state index is 0.0389. The summed E-state index contributed by atoms with van der Waals surface area (Å²) >= 11 is 1.31. The van der Waals surface area contributed by atoms with Crippen LogP contribution in [-0.2, 0) is 16.6 Å². The highest BCUT2D eigenvalue weighted by Crippen LogP contribution is 2.12. The average Bonchev–Trinajstić information content (AvgIpc) is 2.89. The van der Waals surface area contributed by atoms with Crippen LogP contribution in [0.3, 0.4) is 0 Å². The van der Waals surface area contributed by atoms with Gasteiger partial charge in [-0.05, 0) is 12.1 Å². The first-order valence-corrected chi connectivity index (χ1v) is 8.31. The van der Waals surface area contributed by atoms with Crippen LogP contribution >= 0.6 is 11.3 Å². The van der Waals surface area contributed by atoms with Crippen LogP contribution < -0.4 is 10.0 Å². The van der Waals surface area contributed by atoms with Crippen molar-refractivity contribution >= 4 is 32.4 Å². The molecule has 2 rings (SSSR count). The number of sulfonamides is 1. The Balaban J connectivity index is 2.07. The van der Waals surface area contributed by atoms with Gasteiger partial charge in [0, 0.05) is 23.3 Å². The van der Waals surface area contributed by atoms with Crippen molar-refractivity contribution in [3.05, 3.63) is 41.2 Å². The van der Waals surface area contributed by atoms with E-state index < -0.39 is 10.0 Å². The molecule has 0 saturated carbocycles. The number of rotatable bonds is 5. The quantitative estimate of drug-likeness (QED) is 0.852. The Labute approximate surface area is 120 Å². The summed E-state index contributed by atoms with van der Waals surface area (Å²) in [4.78, 5) is 19.9. The van der Waals surface area contributed by atoms with Crippen molar-refractivity contribution in [3.8, 4) is 0 Å². The van der Waals surface area contributed by atoms with Gasteiger partial charge in [0.2, 0.25) is 10.0 Å². The highest BCUT2D eigenvalue weighted by molar-refractivity contribution is 7.88. The lowest BCUT2D eigenvalue weighted by Crippen LogP contribution is -2.22. The molecule has 2 aromatic heterocycles. The molecule has 0 fully saturated rings. The summed E-state index contributed by atoms with van der Waals surface area (Å²) in [5.41, 5.74) is 0.850. The van der Waals surface area contributed by atoms with E-state index in [2.05, 4.69) is 20.0 Å². The summed E-state index contributed by atoms with van der Waals surface area (Å²) in [6, 6.07) is 3.08. The van der Waals surface area contributed by atoms with Crippen molar-refractivity contribution < 1.29 is 13.2 Å². The number of hydrogen-bond acceptors (Lipinski definition) is 6. The van der Waals surface area contributed by atoms with Crippen LogP contribution in [0.2, 0.25) is 0 Å². The van der Waals surface area contributed by atoms with Gasteiger partial charge in [0.15, 0.2) is 5.13 Å². The molecule has 7 nitrogen and oxygen atoms in total. The van der Waals surface area contributed by atoms with Gasteiger partial charge in [0.25, 0.3) is 5.91 Å². The van der Waals surface area contributed by atoms with Gasteiger partial charge in [-0.2, -0.15) is 0 Å². The average molecular weight is 312 g/mol. The summed E-state index contributed by atoms with van der Waals surface area (Å²) in [6.45, 7) is 0.0389. The van der Waals surface area contributed by atoms with Crippen molar-refractivity contribution in [3.63, 3.8) is 0 Å². The van der Waals surface area contributed by atoms with Crippen LogP contribution in [0.25, 0.3) is 0 Å². The van der Waals surface area contributed by atoms with E-state index in [4.69, 9.17) is 0 Å². The van der Waals surface area contributed by atoms with E-state index in [9.17, 15) is 13.2 Å². The first-order valence-electron chi connectivity index (χ1n) is 5.54. The van der Waals surface area contributed by atoms with Gasteiger partial charge in [0.1, 0.15) is 0 Å². The van der Waals surface area contributed by atoms with E-state index in [1.165, 1.54) is 23.6 Å². The number of thiazole rings is 1. The van der Waals surface area contributed by atoms with Crippen LogP contribution in [0.15, 0.2) is 29.9 Å². The zero-order valence-corrected chi connectivity index (χ0v) is 12.2. The largest absolute Gasteiger partial charge is 0.298 e. The van der Waals surface area contributed by atoms with Crippen molar-refractivity contribution in [1.29, 1.82) is 0 Å². The Hall–Kier alpha value is -1.84. The fourth-order valence-electron chi connectivity index (χ4n) is 1.38. The fraction of sp³-hybridized carbons (Fsp3) is 0.182. The minimum Gasteiger partial charge on any atom is -0.298 e. The summed E-state index contributed by atoms with van der Waals surface area (Å²) < 4.78 is 24.3. The molecule has 2 aromatic rings. The third kappa shape index (κ3) is 4.37. The van der Waals surface area contributed by atoms with Crippen LogP contribution in [0.5, 0.6) is 0 Å². The van der Waals surface area contributed by atoms with Crippen LogP contribution in [-0.4, -0.2) is 30.5 Å². The van der Waals surface area contributed by atoms with Gasteiger partial charge in [-0.15, -0.1) is 11.3 Å². The van der Waals surface area contributed by atoms with Gasteiger partial charge in [-0.25, -0.2) is 18.1 Å². The van der Waals surface area contributed by atoms with Gasteiger partial charge in [-0.1, -0.05) is 0 Å². The summed E-state index contributed by atoms with van der Waals surface area (Å²) in [5, 5.41) is 4.90. The molecule has 0 radical (unpaired) electrons. The molecule has 1 amide bonds. The molecule has 0 aliphatic heterocycles. The number of anilines is 1. The molecule has 0 aliphatic rings. The monoisotopic (exact) mass is 312 g/mol. The standard InChI is InChI=1S/C11H12N4O3S2/c1-20(17,18)14-7-9-6-8(2-3-12-9)10(16)15-11-13-4-5-19-11/h2-6,14H,7H2,1H3,(H,13,15,16). The van der Waals surface area contributed by atoms with Crippen molar-refractivity contribution in [1.82, 2.24) is 14.7 Å². The summed E-state index contributed by atoms with van der Waals surface area (Å²) in [6.07, 6.45) is 4.11. The van der Waals surface area contributed by atoms with Crippen LogP contribution in [0.4, 0.5) is 5.13 Å². The van der Waals surface area contributed by atoms with E-state index >= 15 is 0 Å². The topological polar surface area (TPSA) is 101 Å². The van der Waals surface area contributed by atoms with Crippen LogP contribution in [0.1, 0.15) is 16.1 Å². The number of carbonyl (C=O) groups is 1. The number of nitrogens with zero attached hydrogens (tertiary/aromatic N) is 2. The zero-order valence-electron chi connectivity index (χ0n) is 10.5. The number of pyridine rings is 1. The van der Waals surface area contributed by atoms with E-state index in [0.717, 1.165) is 6.26 Å². The van der Waals surface area contributed by atoms with Gasteiger partial charge >= 0.3 is 0 Å². The highest BCUT2D eigenvalue weighted by Gasteiger charge is 2.09. The van der Waals surface area contributed by atoms with E-state index in [1.807, 2.05) is 0 Å². The van der Waals surface area contributed by atoms with E-state index in [-0.39, 0.29) is 12.5 Å². The number of aromatic nitrogens is 2. The smallest absolute Gasteiger partial charge is 0.257 e. The maximum absolute atomic E-state index is 12.0. The molecule has 106 valence electrons. The predicted molar refractivity (Wildman–Crippen MR) is 76.0 cm³/mol. The normalized spacial score (nSPS) is 11.2. The summed E-state index contributed by atoms with van der Waals surface area (Å²) in [5.74, 6) is -0.317. The second-order valence-electron chi connectivity index (χ2n) is 3.92. The molecule has 0 aromatic carbocycles. The molecular weight excluding hydrogens is 300 g/mol. The lowest BCUT2D eigenvalue weighted by Gasteiger charge is -2.05. The molecule has 0 bridgehead atoms. The molecule has 0 aliphatic carbocycles. The Morgan fingerprint density at radius 1 is 1.35 bits per heavy atom. The molecule has 2 heterocycles. The van der Waals surface area contributed by atoms with Gasteiger partial charge in [0.05, 0.1) is 18.5 Å². The minimum atomic E-state index is -3.30. The zero-order chi connectivity index (χ0) is 14.6. The molecule has 0 saturated heterocycles. The Morgan fingerprint density at radius 2 is 2.15 bits per heavy atom. The van der Waals surface area contributed by atoms with Crippen molar-refractivity contribution in [2.45, 2.75) is 6.54 Å². The molecule has 0 spiro atoms. The fourth-order valence-corrected chi connectivity index (χ4v) is 2.31. The Bertz CT molecular complexity index is 698. The first kappa shape index (κ1) is 14.6. The van der Waals surface area contributed by atoms with Gasteiger partial charge < -0.3 is 0 Å². The van der Waals surface area contributed by atoms with Crippen molar-refractivity contribution in [2.75, 3.05) is 11.6 Å². The lowest BCUT2D eigenvalue weighted by molar-refractivity contribution is 0.102. The number of amides is 1. The number of carbonyl (C=O) groups excluding carboxylic acids is 1. The molecule has 0 atom stereocenters. The maximum atomic E-state index is 12.0. The van der Waals surface area contributed by atoms with Gasteiger partial charge in [-0.3, -0.25) is 15.1 Å². The van der Waals surface area contributed by atoms with E-state index in [1.54, 1.807) is 17.6 Å². The maximum Gasteiger partial charge on any atom is 0.257 e. The van der Waals surface area contributed by atoms with E-state index in [0.29, 0.717) is 16.4 Å². The SMILES string of the molecule is CS(=O)(=O)NCc1cc(C(=O)Nc2nccs2)ccn1. The van der Waals surface area contributed by atoms with Crippen LogP contribution in [0, 0.1) is 0 Å². The molecular formula is C11H12N4O3S2. The Morgan fingerprint density at radius 3 is 2.80 bits per heavy atom. The summed E-state index contributed by atoms with van der Waals surface area (Å²) in [7, 11) is -3.30. The molecule has 2 N–H and O–H groups in total. The second-order valence-corrected chi connectivity index (χ2v) is 6.65. The molecule has 0 unspecified atom stereocenters. The molecule has 9 heteroatoms. The second kappa shape index (κ2) is 6.07. The number of hydrogen-bond donors (Lipinski definition) is 2. The third-order valence-corrected chi connectivity index (χ3v) is 3.60. The first-order chi connectivity index (χ1) is 9.44. The third-order valence-electron chi connectivity index (χ3n) is 2.25. The predicted octanol–water partition coefficient (Wildman–Crippen LogP) is 0.840. The lowest BCUT2D eigenvalue weighted by atomic mass is 10.2. The Kier molecular flexibility index (Phi) is 4.42. The van der Waals surface area contributed by atoms with Crippen molar-refractivity contribution in [2.24, 2.45) is 0 Å². The molecule has 20 heavy (non-hydrogen) atoms. The highest BCUT2D eigenvalue weighted by atomic mass is 32.2.